The van der Waals surface area contributed by atoms with Crippen molar-refractivity contribution in [3.63, 3.8) is 0 Å². The Morgan fingerprint density at radius 1 is 0.636 bits per heavy atom. The van der Waals surface area contributed by atoms with E-state index in [9.17, 15) is 0 Å². The molecule has 0 unspecified atom stereocenters. The largest absolute Gasteiger partial charge is 2.00 e. The summed E-state index contributed by atoms with van der Waals surface area (Å²) in [5.41, 5.74) is 0. The van der Waals surface area contributed by atoms with Crippen LogP contribution in [-0.4, -0.2) is 71.8 Å². The fourth-order valence-electron chi connectivity index (χ4n) is 1.66. The summed E-state index contributed by atoms with van der Waals surface area (Å²) in [6.07, 6.45) is 0. The Balaban J connectivity index is -0.000000161. The van der Waals surface area contributed by atoms with Crippen molar-refractivity contribution in [2.45, 2.75) is 0 Å². The van der Waals surface area contributed by atoms with Crippen LogP contribution in [0.4, 0.5) is 0 Å². The van der Waals surface area contributed by atoms with Crippen LogP contribution in [0.25, 0.3) is 0 Å². The topological polar surface area (TPSA) is 18.5 Å². The van der Waals surface area contributed by atoms with Gasteiger partial charge in [0.25, 0.3) is 9.04 Å². The van der Waals surface area contributed by atoms with Gasteiger partial charge in [0.05, 0.1) is 0 Å². The molecule has 0 bridgehead atoms. The first-order valence-electron chi connectivity index (χ1n) is 5.21. The van der Waals surface area contributed by atoms with Crippen LogP contribution in [0, 0.1) is 0 Å². The first-order valence-corrected chi connectivity index (χ1v) is 7.65. The van der Waals surface area contributed by atoms with Gasteiger partial charge in [-0.05, 0) is 10.4 Å². The van der Waals surface area contributed by atoms with Gasteiger partial charge in [0.2, 0.25) is 0 Å². The maximum absolute atomic E-state index is 5.51. The van der Waals surface area contributed by atoms with Crippen LogP contribution < -0.4 is 60.0 Å². The molecule has 0 fully saturated rings. The number of halogens is 4. The van der Waals surface area contributed by atoms with Crippen LogP contribution in [-0.2, 0) is 8.52 Å². The van der Waals surface area contributed by atoms with Gasteiger partial charge in [-0.25, -0.2) is 0 Å². The number of benzene rings is 2. The van der Waals surface area contributed by atoms with E-state index in [-0.39, 0.29) is 95.7 Å². The Kier molecular flexibility index (Phi) is 33.2. The normalized spacial score (nSPS) is 7.68. The van der Waals surface area contributed by atoms with E-state index >= 15 is 0 Å². The Morgan fingerprint density at radius 2 is 0.955 bits per heavy atom. The van der Waals surface area contributed by atoms with Crippen molar-refractivity contribution in [1.82, 2.24) is 0 Å². The van der Waals surface area contributed by atoms with Crippen LogP contribution in [0.15, 0.2) is 60.7 Å². The molecule has 0 atom stereocenters. The molecule has 0 aromatic heterocycles. The van der Waals surface area contributed by atoms with E-state index in [0.29, 0.717) is 16.6 Å². The fraction of sp³-hybridized carbons (Fsp3) is 0. The maximum atomic E-state index is 5.51. The van der Waals surface area contributed by atoms with E-state index in [1.807, 2.05) is 36.4 Å². The van der Waals surface area contributed by atoms with Crippen LogP contribution >= 0.6 is 0 Å². The van der Waals surface area contributed by atoms with Crippen molar-refractivity contribution in [2.75, 3.05) is 0 Å². The monoisotopic (exact) mass is 432 g/mol. The Bertz CT molecular complexity index is 406. The molecule has 10 heteroatoms. The first-order chi connectivity index (χ1) is 7.92. The van der Waals surface area contributed by atoms with Gasteiger partial charge < -0.3 is 58.1 Å². The van der Waals surface area contributed by atoms with E-state index in [0.717, 1.165) is 0 Å². The van der Waals surface area contributed by atoms with Gasteiger partial charge in [-0.15, -0.1) is 0 Å². The molecule has 22 heavy (non-hydrogen) atoms. The van der Waals surface area contributed by atoms with E-state index in [2.05, 4.69) is 24.3 Å². The molecule has 0 heterocycles. The second-order valence-corrected chi connectivity index (χ2v) is 6.08. The summed E-state index contributed by atoms with van der Waals surface area (Å²) < 4.78 is 10.5. The van der Waals surface area contributed by atoms with E-state index in [1.165, 1.54) is 10.4 Å². The zero-order valence-corrected chi connectivity index (χ0v) is 21.1. The molecule has 0 radical (unpaired) electrons. The minimum absolute atomic E-state index is 0. The maximum Gasteiger partial charge on any atom is 2.00 e. The Hall–Kier alpha value is 1.80. The summed E-state index contributed by atoms with van der Waals surface area (Å²) in [6, 6.07) is 20.6. The molecule has 0 saturated heterocycles. The molecule has 0 aliphatic heterocycles. The molecule has 0 aliphatic carbocycles. The SMILES string of the molecule is [AlH2][O]O[SiH](c1ccccc1)c1ccccc1.[Cl-].[Cl-].[Cl-].[Cl-].[Mg+2].[Mg+2]. The van der Waals surface area contributed by atoms with Gasteiger partial charge in [-0.2, -0.15) is 0 Å². The van der Waals surface area contributed by atoms with Crippen molar-refractivity contribution in [3.05, 3.63) is 60.7 Å². The fourth-order valence-corrected chi connectivity index (χ4v) is 4.18. The van der Waals surface area contributed by atoms with Gasteiger partial charge in [0.1, 0.15) is 0 Å². The number of rotatable bonds is 4. The summed E-state index contributed by atoms with van der Waals surface area (Å²) in [5, 5.41) is 2.48. The predicted molar refractivity (Wildman–Crippen MR) is 81.5 cm³/mol. The first kappa shape index (κ1) is 35.0. The van der Waals surface area contributed by atoms with Crippen molar-refractivity contribution in [3.8, 4) is 0 Å². The van der Waals surface area contributed by atoms with Crippen molar-refractivity contribution >= 4 is 82.1 Å². The third-order valence-electron chi connectivity index (χ3n) is 2.40. The summed E-state index contributed by atoms with van der Waals surface area (Å²) in [6.45, 7) is 0. The van der Waals surface area contributed by atoms with Crippen LogP contribution in [0.3, 0.4) is 0 Å². The molecule has 2 aromatic rings. The molecule has 2 rings (SSSR count). The molecule has 0 spiro atoms. The summed E-state index contributed by atoms with van der Waals surface area (Å²) in [7, 11) is -1.64. The molecule has 0 aliphatic rings. The number of hydrogen-bond donors (Lipinski definition) is 0. The molecule has 2 nitrogen and oxygen atoms in total. The molecular weight excluding hydrogens is 422 g/mol. The zero-order chi connectivity index (χ0) is 11.2. The van der Waals surface area contributed by atoms with Crippen LogP contribution in [0.1, 0.15) is 0 Å². The second kappa shape index (κ2) is 20.8. The average molecular weight is 435 g/mol. The van der Waals surface area contributed by atoms with Crippen molar-refractivity contribution < 1.29 is 58.1 Å². The zero-order valence-electron chi connectivity index (χ0n) is 12.1. The van der Waals surface area contributed by atoms with E-state index < -0.39 is 9.04 Å². The average Bonchev–Trinajstić information content (AvgIpc) is 2.38. The Morgan fingerprint density at radius 3 is 1.23 bits per heavy atom. The Labute approximate surface area is 198 Å². The third kappa shape index (κ3) is 11.4. The molecule has 112 valence electrons. The summed E-state index contributed by atoms with van der Waals surface area (Å²) in [4.78, 5) is 0. The quantitative estimate of drug-likeness (QED) is 0.270. The minimum Gasteiger partial charge on any atom is -1.00 e. The minimum atomic E-state index is -1.64. The number of hydrogen-bond acceptors (Lipinski definition) is 2. The van der Waals surface area contributed by atoms with E-state index in [4.69, 9.17) is 8.52 Å². The molecular formula is C12H13AlCl4Mg2O2Si. The smallest absolute Gasteiger partial charge is 1.00 e. The second-order valence-electron chi connectivity index (χ2n) is 3.46. The standard InChI is InChI=1S/C12H12O2Si.Al.4ClH.2Mg.2H/c13-14-15(11-7-3-1-4-8-11)12-9-5-2-6-10-12;;;;;;;;;/h1-10,13,15H;;4*1H;;;;/q;+1;;;;;2*+2;;/p-5. The van der Waals surface area contributed by atoms with Crippen molar-refractivity contribution in [1.29, 1.82) is 0 Å². The molecule has 2 aromatic carbocycles. The van der Waals surface area contributed by atoms with Gasteiger partial charge in [0, 0.05) is 0 Å². The van der Waals surface area contributed by atoms with E-state index in [1.54, 1.807) is 0 Å². The van der Waals surface area contributed by atoms with Crippen LogP contribution in [0.2, 0.25) is 0 Å². The molecule has 0 saturated carbocycles. The third-order valence-corrected chi connectivity index (χ3v) is 5.34. The van der Waals surface area contributed by atoms with Gasteiger partial charge in [-0.1, -0.05) is 60.7 Å². The molecule has 0 N–H and O–H groups in total. The van der Waals surface area contributed by atoms with Crippen LogP contribution in [0.5, 0.6) is 0 Å². The van der Waals surface area contributed by atoms with Crippen molar-refractivity contribution in [2.24, 2.45) is 0 Å². The van der Waals surface area contributed by atoms with Gasteiger partial charge >= 0.3 is 62.7 Å². The molecule has 0 amide bonds. The summed E-state index contributed by atoms with van der Waals surface area (Å²) in [5.74, 6) is 0. The van der Waals surface area contributed by atoms with Gasteiger partial charge in [0.15, 0.2) is 0 Å². The summed E-state index contributed by atoms with van der Waals surface area (Å²) >= 11 is 0.602. The predicted octanol–water partition coefficient (Wildman–Crippen LogP) is -12.7. The van der Waals surface area contributed by atoms with Gasteiger partial charge in [-0.3, -0.25) is 0 Å².